The highest BCUT2D eigenvalue weighted by Gasteiger charge is 2.07. The molecular weight excluding hydrogens is 292 g/mol. The summed E-state index contributed by atoms with van der Waals surface area (Å²) in [4.78, 5) is 6.99. The first kappa shape index (κ1) is 15.8. The van der Waals surface area contributed by atoms with E-state index in [4.69, 9.17) is 5.73 Å². The predicted octanol–water partition coefficient (Wildman–Crippen LogP) is 3.06. The molecule has 19 heavy (non-hydrogen) atoms. The molecule has 1 aromatic heterocycles. The summed E-state index contributed by atoms with van der Waals surface area (Å²) in [7, 11) is 1.90. The number of hydrogen-bond acceptors (Lipinski definition) is 4. The van der Waals surface area contributed by atoms with Gasteiger partial charge in [-0.2, -0.15) is 0 Å². The molecule has 2 N–H and O–H groups in total. The van der Waals surface area contributed by atoms with Crippen LogP contribution in [-0.4, -0.2) is 16.9 Å². The van der Waals surface area contributed by atoms with E-state index in [0.29, 0.717) is 18.2 Å². The number of benzene rings is 1. The lowest BCUT2D eigenvalue weighted by Gasteiger charge is -2.15. The van der Waals surface area contributed by atoms with Gasteiger partial charge in [-0.3, -0.25) is 4.90 Å². The van der Waals surface area contributed by atoms with Gasteiger partial charge < -0.3 is 5.73 Å². The summed E-state index contributed by atoms with van der Waals surface area (Å²) < 4.78 is 25.8. The Bertz CT molecular complexity index is 548. The largest absolute Gasteiger partial charge is 0.375 e. The first-order valence-electron chi connectivity index (χ1n) is 5.37. The van der Waals surface area contributed by atoms with E-state index in [1.165, 1.54) is 17.4 Å². The molecule has 0 unspecified atom stereocenters. The van der Waals surface area contributed by atoms with Crippen LogP contribution in [0.5, 0.6) is 0 Å². The van der Waals surface area contributed by atoms with Gasteiger partial charge in [-0.1, -0.05) is 6.07 Å². The Hall–Kier alpha value is -1.24. The molecule has 0 aliphatic rings. The van der Waals surface area contributed by atoms with Crippen molar-refractivity contribution in [2.45, 2.75) is 13.1 Å². The molecule has 0 spiro atoms. The lowest BCUT2D eigenvalue weighted by molar-refractivity contribution is 0.321. The Kier molecular flexibility index (Phi) is 5.65. The van der Waals surface area contributed by atoms with Crippen LogP contribution >= 0.6 is 23.7 Å². The molecule has 1 heterocycles. The number of thiazole rings is 1. The summed E-state index contributed by atoms with van der Waals surface area (Å²) >= 11 is 1.42. The minimum Gasteiger partial charge on any atom is -0.375 e. The summed E-state index contributed by atoms with van der Waals surface area (Å²) in [6.45, 7) is 1.21. The highest BCUT2D eigenvalue weighted by molar-refractivity contribution is 7.15. The highest BCUT2D eigenvalue weighted by Crippen LogP contribution is 2.17. The first-order chi connectivity index (χ1) is 8.54. The molecule has 0 saturated heterocycles. The zero-order valence-corrected chi connectivity index (χ0v) is 11.9. The van der Waals surface area contributed by atoms with Crippen LogP contribution in [0.3, 0.4) is 0 Å². The van der Waals surface area contributed by atoms with Crippen LogP contribution in [0, 0.1) is 11.6 Å². The van der Waals surface area contributed by atoms with Crippen LogP contribution in [0.1, 0.15) is 10.4 Å². The molecular formula is C12H14ClF2N3S. The van der Waals surface area contributed by atoms with E-state index in [2.05, 4.69) is 4.98 Å². The number of halogens is 3. The smallest absolute Gasteiger partial charge is 0.180 e. The average molecular weight is 306 g/mol. The normalized spacial score (nSPS) is 10.5. The van der Waals surface area contributed by atoms with Crippen molar-refractivity contribution in [1.29, 1.82) is 0 Å². The van der Waals surface area contributed by atoms with Crippen molar-refractivity contribution in [3.8, 4) is 0 Å². The van der Waals surface area contributed by atoms with Crippen molar-refractivity contribution < 1.29 is 8.78 Å². The molecule has 1 aromatic carbocycles. The molecule has 104 valence electrons. The molecule has 0 bridgehead atoms. The van der Waals surface area contributed by atoms with Gasteiger partial charge in [0, 0.05) is 24.2 Å². The molecule has 2 aromatic rings. The van der Waals surface area contributed by atoms with Crippen molar-refractivity contribution >= 4 is 28.9 Å². The highest BCUT2D eigenvalue weighted by atomic mass is 35.5. The number of nitrogens with zero attached hydrogens (tertiary/aromatic N) is 2. The molecule has 2 rings (SSSR count). The second-order valence-electron chi connectivity index (χ2n) is 4.09. The van der Waals surface area contributed by atoms with Gasteiger partial charge in [0.1, 0.15) is 0 Å². The molecule has 3 nitrogen and oxygen atoms in total. The molecule has 0 fully saturated rings. The van der Waals surface area contributed by atoms with Crippen LogP contribution in [-0.2, 0) is 13.1 Å². The number of nitrogen functional groups attached to an aromatic ring is 1. The number of rotatable bonds is 4. The van der Waals surface area contributed by atoms with Gasteiger partial charge >= 0.3 is 0 Å². The Balaban J connectivity index is 0.00000180. The molecule has 0 aliphatic carbocycles. The second kappa shape index (κ2) is 6.79. The number of anilines is 1. The summed E-state index contributed by atoms with van der Waals surface area (Å²) in [6.07, 6.45) is 1.72. The maximum atomic E-state index is 13.0. The van der Waals surface area contributed by atoms with E-state index in [0.717, 1.165) is 16.5 Å². The van der Waals surface area contributed by atoms with Crippen LogP contribution in [0.15, 0.2) is 24.4 Å². The van der Waals surface area contributed by atoms with Crippen molar-refractivity contribution in [1.82, 2.24) is 9.88 Å². The maximum absolute atomic E-state index is 13.0. The molecule has 0 aliphatic heterocycles. The van der Waals surface area contributed by atoms with E-state index < -0.39 is 11.6 Å². The van der Waals surface area contributed by atoms with E-state index in [-0.39, 0.29) is 12.4 Å². The predicted molar refractivity (Wildman–Crippen MR) is 75.3 cm³/mol. The van der Waals surface area contributed by atoms with Gasteiger partial charge in [0.05, 0.1) is 0 Å². The van der Waals surface area contributed by atoms with Gasteiger partial charge in [-0.05, 0) is 24.7 Å². The third kappa shape index (κ3) is 4.41. The molecule has 7 heteroatoms. The van der Waals surface area contributed by atoms with Crippen LogP contribution in [0.4, 0.5) is 13.9 Å². The van der Waals surface area contributed by atoms with Crippen molar-refractivity contribution in [2.24, 2.45) is 0 Å². The zero-order chi connectivity index (χ0) is 13.1. The van der Waals surface area contributed by atoms with Gasteiger partial charge in [-0.15, -0.1) is 23.7 Å². The molecule has 0 radical (unpaired) electrons. The lowest BCUT2D eigenvalue weighted by atomic mass is 10.2. The van der Waals surface area contributed by atoms with Crippen molar-refractivity contribution in [3.63, 3.8) is 0 Å². The fourth-order valence-electron chi connectivity index (χ4n) is 1.67. The summed E-state index contributed by atoms with van der Waals surface area (Å²) in [6, 6.07) is 3.94. The first-order valence-corrected chi connectivity index (χ1v) is 6.19. The maximum Gasteiger partial charge on any atom is 0.180 e. The summed E-state index contributed by atoms with van der Waals surface area (Å²) in [5, 5.41) is 0.534. The van der Waals surface area contributed by atoms with E-state index in [1.54, 1.807) is 12.3 Å². The fraction of sp³-hybridized carbons (Fsp3) is 0.250. The van der Waals surface area contributed by atoms with Crippen LogP contribution < -0.4 is 5.73 Å². The minimum absolute atomic E-state index is 0. The fourth-order valence-corrected chi connectivity index (χ4v) is 2.43. The van der Waals surface area contributed by atoms with Gasteiger partial charge in [0.2, 0.25) is 0 Å². The minimum atomic E-state index is -0.823. The number of aromatic nitrogens is 1. The van der Waals surface area contributed by atoms with Crippen molar-refractivity contribution in [3.05, 3.63) is 46.5 Å². The van der Waals surface area contributed by atoms with Crippen LogP contribution in [0.2, 0.25) is 0 Å². The van der Waals surface area contributed by atoms with Gasteiger partial charge in [-0.25, -0.2) is 13.8 Å². The lowest BCUT2D eigenvalue weighted by Crippen LogP contribution is -2.16. The molecule has 0 atom stereocenters. The Labute approximate surface area is 120 Å². The monoisotopic (exact) mass is 305 g/mol. The van der Waals surface area contributed by atoms with Crippen LogP contribution in [0.25, 0.3) is 0 Å². The molecule has 0 saturated carbocycles. The van der Waals surface area contributed by atoms with E-state index in [9.17, 15) is 8.78 Å². The van der Waals surface area contributed by atoms with Gasteiger partial charge in [0.15, 0.2) is 16.8 Å². The third-order valence-corrected chi connectivity index (χ3v) is 3.24. The topological polar surface area (TPSA) is 42.2 Å². The third-order valence-electron chi connectivity index (χ3n) is 2.43. The number of hydrogen-bond donors (Lipinski definition) is 1. The SMILES string of the molecule is CN(Cc1ccc(F)c(F)c1)Cc1cnc(N)s1.Cl. The van der Waals surface area contributed by atoms with Crippen molar-refractivity contribution in [2.75, 3.05) is 12.8 Å². The zero-order valence-electron chi connectivity index (χ0n) is 10.3. The Morgan fingerprint density at radius 3 is 2.58 bits per heavy atom. The standard InChI is InChI=1S/C12H13F2N3S.ClH/c1-17(7-9-5-16-12(15)18-9)6-8-2-3-10(13)11(14)4-8;/h2-5H,6-7H2,1H3,(H2,15,16);1H. The number of nitrogens with two attached hydrogens (primary N) is 1. The van der Waals surface area contributed by atoms with E-state index >= 15 is 0 Å². The van der Waals surface area contributed by atoms with E-state index in [1.807, 2.05) is 11.9 Å². The van der Waals surface area contributed by atoms with Gasteiger partial charge in [0.25, 0.3) is 0 Å². The average Bonchev–Trinajstić information content (AvgIpc) is 2.69. The Morgan fingerprint density at radius 2 is 2.00 bits per heavy atom. The summed E-state index contributed by atoms with van der Waals surface area (Å²) in [5.74, 6) is -1.64. The quantitative estimate of drug-likeness (QED) is 0.944. The summed E-state index contributed by atoms with van der Waals surface area (Å²) in [5.41, 5.74) is 6.27. The second-order valence-corrected chi connectivity index (χ2v) is 5.23. The molecule has 0 amide bonds. The Morgan fingerprint density at radius 1 is 1.26 bits per heavy atom.